The molecule has 2 aromatic rings. The third-order valence-corrected chi connectivity index (χ3v) is 3.89. The van der Waals surface area contributed by atoms with Gasteiger partial charge in [-0.3, -0.25) is 10.6 Å². The Morgan fingerprint density at radius 3 is 2.52 bits per heavy atom. The third kappa shape index (κ3) is 3.37. The fourth-order valence-electron chi connectivity index (χ4n) is 1.93. The standard InChI is InChI=1S/C14H15F2N3OS/c1-2-19(8-10-4-3-5-21-10)14(20)9-6-11(15)13(18-17)12(16)7-9/h3-7,18H,2,8,17H2,1H3. The highest BCUT2D eigenvalue weighted by Gasteiger charge is 2.19. The molecule has 0 radical (unpaired) electrons. The van der Waals surface area contributed by atoms with Crippen molar-refractivity contribution in [1.29, 1.82) is 0 Å². The molecule has 0 unspecified atom stereocenters. The van der Waals surface area contributed by atoms with Gasteiger partial charge in [-0.05, 0) is 30.5 Å². The Hall–Kier alpha value is -1.99. The van der Waals surface area contributed by atoms with E-state index in [-0.39, 0.29) is 5.56 Å². The molecular formula is C14H15F2N3OS. The molecule has 0 aliphatic carbocycles. The van der Waals surface area contributed by atoms with Crippen molar-refractivity contribution in [3.8, 4) is 0 Å². The van der Waals surface area contributed by atoms with Crippen molar-refractivity contribution in [1.82, 2.24) is 4.90 Å². The number of hydrogen-bond donors (Lipinski definition) is 2. The molecule has 0 atom stereocenters. The van der Waals surface area contributed by atoms with Gasteiger partial charge in [0.15, 0.2) is 11.6 Å². The van der Waals surface area contributed by atoms with E-state index >= 15 is 0 Å². The van der Waals surface area contributed by atoms with Crippen molar-refractivity contribution in [2.75, 3.05) is 12.0 Å². The van der Waals surface area contributed by atoms with Gasteiger partial charge in [0.1, 0.15) is 5.69 Å². The monoisotopic (exact) mass is 311 g/mol. The normalized spacial score (nSPS) is 10.5. The second-order valence-electron chi connectivity index (χ2n) is 4.36. The van der Waals surface area contributed by atoms with Gasteiger partial charge in [0.05, 0.1) is 6.54 Å². The maximum Gasteiger partial charge on any atom is 0.254 e. The predicted octanol–water partition coefficient (Wildman–Crippen LogP) is 2.97. The topological polar surface area (TPSA) is 58.4 Å². The summed E-state index contributed by atoms with van der Waals surface area (Å²) < 4.78 is 27.3. The van der Waals surface area contributed by atoms with Gasteiger partial charge < -0.3 is 10.3 Å². The molecule has 3 N–H and O–H groups in total. The number of nitrogen functional groups attached to an aromatic ring is 1. The maximum absolute atomic E-state index is 13.7. The van der Waals surface area contributed by atoms with Crippen molar-refractivity contribution in [2.24, 2.45) is 5.84 Å². The van der Waals surface area contributed by atoms with Crippen LogP contribution in [0.1, 0.15) is 22.2 Å². The molecule has 2 rings (SSSR count). The fraction of sp³-hybridized carbons (Fsp3) is 0.214. The lowest BCUT2D eigenvalue weighted by molar-refractivity contribution is 0.0753. The Kier molecular flexibility index (Phi) is 4.87. The quantitative estimate of drug-likeness (QED) is 0.659. The number of amides is 1. The van der Waals surface area contributed by atoms with Crippen LogP contribution in [0.25, 0.3) is 0 Å². The van der Waals surface area contributed by atoms with Crippen LogP contribution in [0.5, 0.6) is 0 Å². The number of rotatable bonds is 5. The number of hydrogen-bond acceptors (Lipinski definition) is 4. The number of thiophene rings is 1. The Labute approximate surface area is 125 Å². The van der Waals surface area contributed by atoms with Crippen molar-refractivity contribution >= 4 is 22.9 Å². The van der Waals surface area contributed by atoms with E-state index in [1.165, 1.54) is 16.2 Å². The summed E-state index contributed by atoms with van der Waals surface area (Å²) in [6.45, 7) is 2.66. The minimum atomic E-state index is -0.895. The minimum Gasteiger partial charge on any atom is -0.334 e. The first kappa shape index (κ1) is 15.4. The fourth-order valence-corrected chi connectivity index (χ4v) is 2.65. The van der Waals surface area contributed by atoms with E-state index in [9.17, 15) is 13.6 Å². The summed E-state index contributed by atoms with van der Waals surface area (Å²) in [5, 5.41) is 1.91. The molecule has 0 aliphatic heterocycles. The highest BCUT2D eigenvalue weighted by atomic mass is 32.1. The Balaban J connectivity index is 2.25. The first-order chi connectivity index (χ1) is 10.1. The van der Waals surface area contributed by atoms with Crippen LogP contribution in [0.15, 0.2) is 29.6 Å². The van der Waals surface area contributed by atoms with Crippen molar-refractivity contribution in [2.45, 2.75) is 13.5 Å². The highest BCUT2D eigenvalue weighted by molar-refractivity contribution is 7.09. The van der Waals surface area contributed by atoms with Crippen LogP contribution in [-0.4, -0.2) is 17.4 Å². The molecule has 1 aromatic carbocycles. The van der Waals surface area contributed by atoms with Gasteiger partial charge in [-0.1, -0.05) is 6.07 Å². The molecule has 0 aliphatic rings. The molecule has 1 aromatic heterocycles. The average molecular weight is 311 g/mol. The maximum atomic E-state index is 13.7. The van der Waals surface area contributed by atoms with E-state index in [0.717, 1.165) is 17.0 Å². The number of carbonyl (C=O) groups is 1. The molecule has 0 spiro atoms. The first-order valence-electron chi connectivity index (χ1n) is 6.34. The van der Waals surface area contributed by atoms with Crippen LogP contribution in [0.4, 0.5) is 14.5 Å². The van der Waals surface area contributed by atoms with Gasteiger partial charge in [-0.2, -0.15) is 0 Å². The zero-order valence-electron chi connectivity index (χ0n) is 11.4. The van der Waals surface area contributed by atoms with Gasteiger partial charge in [0.25, 0.3) is 5.91 Å². The SMILES string of the molecule is CCN(Cc1cccs1)C(=O)c1cc(F)c(NN)c(F)c1. The van der Waals surface area contributed by atoms with E-state index in [2.05, 4.69) is 0 Å². The van der Waals surface area contributed by atoms with Crippen LogP contribution >= 0.6 is 11.3 Å². The molecule has 0 saturated carbocycles. The van der Waals surface area contributed by atoms with Crippen molar-refractivity contribution in [3.63, 3.8) is 0 Å². The Morgan fingerprint density at radius 2 is 2.05 bits per heavy atom. The number of hydrazine groups is 1. The largest absolute Gasteiger partial charge is 0.334 e. The molecule has 7 heteroatoms. The predicted molar refractivity (Wildman–Crippen MR) is 78.9 cm³/mol. The van der Waals surface area contributed by atoms with Gasteiger partial charge >= 0.3 is 0 Å². The molecule has 0 fully saturated rings. The molecule has 1 heterocycles. The number of anilines is 1. The van der Waals surface area contributed by atoms with Gasteiger partial charge in [-0.25, -0.2) is 8.78 Å². The van der Waals surface area contributed by atoms with E-state index in [4.69, 9.17) is 5.84 Å². The molecule has 112 valence electrons. The second kappa shape index (κ2) is 6.64. The van der Waals surface area contributed by atoms with Crippen LogP contribution in [0, 0.1) is 11.6 Å². The number of halogens is 2. The smallest absolute Gasteiger partial charge is 0.254 e. The van der Waals surface area contributed by atoms with Gasteiger partial charge in [0.2, 0.25) is 0 Å². The average Bonchev–Trinajstić information content (AvgIpc) is 2.96. The Morgan fingerprint density at radius 1 is 1.38 bits per heavy atom. The van der Waals surface area contributed by atoms with E-state index in [1.54, 1.807) is 0 Å². The zero-order chi connectivity index (χ0) is 15.4. The van der Waals surface area contributed by atoms with Crippen molar-refractivity contribution < 1.29 is 13.6 Å². The first-order valence-corrected chi connectivity index (χ1v) is 7.22. The molecule has 0 saturated heterocycles. The Bertz CT molecular complexity index is 608. The zero-order valence-corrected chi connectivity index (χ0v) is 12.2. The third-order valence-electron chi connectivity index (χ3n) is 3.03. The summed E-state index contributed by atoms with van der Waals surface area (Å²) in [5.41, 5.74) is 1.45. The van der Waals surface area contributed by atoms with Crippen molar-refractivity contribution in [3.05, 3.63) is 51.7 Å². The minimum absolute atomic E-state index is 0.0394. The summed E-state index contributed by atoms with van der Waals surface area (Å²) in [7, 11) is 0. The molecule has 0 bridgehead atoms. The lowest BCUT2D eigenvalue weighted by atomic mass is 10.1. The van der Waals surface area contributed by atoms with Crippen LogP contribution in [-0.2, 0) is 6.54 Å². The number of nitrogens with one attached hydrogen (secondary N) is 1. The van der Waals surface area contributed by atoms with E-state index < -0.39 is 23.2 Å². The number of nitrogens with two attached hydrogens (primary N) is 1. The molecule has 21 heavy (non-hydrogen) atoms. The summed E-state index contributed by atoms with van der Waals surface area (Å²) in [5.74, 6) is 2.82. The van der Waals surface area contributed by atoms with Gasteiger partial charge in [0, 0.05) is 17.0 Å². The molecular weight excluding hydrogens is 296 g/mol. The summed E-state index contributed by atoms with van der Waals surface area (Å²) >= 11 is 1.52. The number of carbonyl (C=O) groups excluding carboxylic acids is 1. The summed E-state index contributed by atoms with van der Waals surface area (Å²) in [4.78, 5) is 14.9. The van der Waals surface area contributed by atoms with Gasteiger partial charge in [-0.15, -0.1) is 11.3 Å². The van der Waals surface area contributed by atoms with E-state index in [1.807, 2.05) is 29.9 Å². The van der Waals surface area contributed by atoms with Crippen LogP contribution < -0.4 is 11.3 Å². The number of nitrogens with zero attached hydrogens (tertiary/aromatic N) is 1. The second-order valence-corrected chi connectivity index (χ2v) is 5.39. The van der Waals surface area contributed by atoms with E-state index in [0.29, 0.717) is 13.1 Å². The molecule has 1 amide bonds. The lowest BCUT2D eigenvalue weighted by Gasteiger charge is -2.20. The lowest BCUT2D eigenvalue weighted by Crippen LogP contribution is -2.30. The molecule has 4 nitrogen and oxygen atoms in total. The summed E-state index contributed by atoms with van der Waals surface area (Å²) in [6.07, 6.45) is 0. The van der Waals surface area contributed by atoms with Crippen LogP contribution in [0.3, 0.4) is 0 Å². The number of benzene rings is 1. The van der Waals surface area contributed by atoms with Crippen LogP contribution in [0.2, 0.25) is 0 Å². The summed E-state index contributed by atoms with van der Waals surface area (Å²) in [6, 6.07) is 5.76. The highest BCUT2D eigenvalue weighted by Crippen LogP contribution is 2.21.